The number of epoxide rings is 1. The van der Waals surface area contributed by atoms with Gasteiger partial charge < -0.3 is 9.47 Å². The fourth-order valence-electron chi connectivity index (χ4n) is 0.917. The SMILES string of the molecule is COC(C)C1(C)OC1C#N. The van der Waals surface area contributed by atoms with Crippen LogP contribution in [0.4, 0.5) is 0 Å². The van der Waals surface area contributed by atoms with Crippen molar-refractivity contribution in [3.8, 4) is 6.07 Å². The molecule has 3 atom stereocenters. The van der Waals surface area contributed by atoms with E-state index < -0.39 is 0 Å². The zero-order valence-electron chi connectivity index (χ0n) is 6.42. The van der Waals surface area contributed by atoms with Crippen LogP contribution < -0.4 is 0 Å². The maximum atomic E-state index is 8.46. The highest BCUT2D eigenvalue weighted by Crippen LogP contribution is 2.39. The lowest BCUT2D eigenvalue weighted by atomic mass is 10.0. The Balaban J connectivity index is 2.52. The molecule has 0 spiro atoms. The molecule has 1 fully saturated rings. The first-order valence-electron chi connectivity index (χ1n) is 3.25. The predicted molar refractivity (Wildman–Crippen MR) is 35.4 cm³/mol. The lowest BCUT2D eigenvalue weighted by Gasteiger charge is -2.12. The Kier molecular flexibility index (Phi) is 1.67. The van der Waals surface area contributed by atoms with E-state index in [9.17, 15) is 0 Å². The monoisotopic (exact) mass is 141 g/mol. The summed E-state index contributed by atoms with van der Waals surface area (Å²) in [6.07, 6.45) is -0.278. The summed E-state index contributed by atoms with van der Waals surface area (Å²) in [6.45, 7) is 3.78. The standard InChI is InChI=1S/C7H11NO2/c1-5(9-3)7(2)6(4-8)10-7/h5-6H,1-3H3. The second-order valence-electron chi connectivity index (χ2n) is 2.69. The van der Waals surface area contributed by atoms with Gasteiger partial charge in [-0.05, 0) is 13.8 Å². The predicted octanol–water partition coefficient (Wildman–Crippen LogP) is 0.702. The first-order valence-corrected chi connectivity index (χ1v) is 3.25. The summed E-state index contributed by atoms with van der Waals surface area (Å²) in [7, 11) is 1.62. The highest BCUT2D eigenvalue weighted by molar-refractivity contribution is 5.14. The van der Waals surface area contributed by atoms with Crippen molar-refractivity contribution in [1.82, 2.24) is 0 Å². The van der Waals surface area contributed by atoms with Crippen LogP contribution in [-0.2, 0) is 9.47 Å². The summed E-state index contributed by atoms with van der Waals surface area (Å²) >= 11 is 0. The van der Waals surface area contributed by atoms with Crippen molar-refractivity contribution in [2.75, 3.05) is 7.11 Å². The van der Waals surface area contributed by atoms with Crippen LogP contribution in [0.1, 0.15) is 13.8 Å². The van der Waals surface area contributed by atoms with Crippen LogP contribution in [0, 0.1) is 11.3 Å². The Morgan fingerprint density at radius 2 is 2.40 bits per heavy atom. The zero-order chi connectivity index (χ0) is 7.78. The molecule has 0 aromatic rings. The van der Waals surface area contributed by atoms with Crippen molar-refractivity contribution >= 4 is 0 Å². The van der Waals surface area contributed by atoms with E-state index in [2.05, 4.69) is 0 Å². The van der Waals surface area contributed by atoms with Crippen LogP contribution in [0.25, 0.3) is 0 Å². The Morgan fingerprint density at radius 1 is 1.80 bits per heavy atom. The second kappa shape index (κ2) is 2.22. The van der Waals surface area contributed by atoms with E-state index in [-0.39, 0.29) is 17.8 Å². The Morgan fingerprint density at radius 3 is 2.70 bits per heavy atom. The van der Waals surface area contributed by atoms with E-state index in [0.717, 1.165) is 0 Å². The molecule has 0 amide bonds. The minimum atomic E-state index is -0.358. The van der Waals surface area contributed by atoms with Gasteiger partial charge in [0, 0.05) is 7.11 Å². The molecule has 3 unspecified atom stereocenters. The van der Waals surface area contributed by atoms with Crippen LogP contribution in [0.2, 0.25) is 0 Å². The van der Waals surface area contributed by atoms with Gasteiger partial charge in [0.15, 0.2) is 6.10 Å². The van der Waals surface area contributed by atoms with Crippen LogP contribution >= 0.6 is 0 Å². The molecule has 1 aliphatic heterocycles. The van der Waals surface area contributed by atoms with Crippen molar-refractivity contribution in [2.24, 2.45) is 0 Å². The Hall–Kier alpha value is -0.590. The fraction of sp³-hybridized carbons (Fsp3) is 0.857. The maximum absolute atomic E-state index is 8.46. The van der Waals surface area contributed by atoms with Crippen LogP contribution in [0.15, 0.2) is 0 Å². The topological polar surface area (TPSA) is 45.5 Å². The van der Waals surface area contributed by atoms with Crippen LogP contribution in [-0.4, -0.2) is 24.9 Å². The minimum absolute atomic E-state index is 0.00264. The maximum Gasteiger partial charge on any atom is 0.176 e. The van der Waals surface area contributed by atoms with Gasteiger partial charge in [-0.25, -0.2) is 0 Å². The average Bonchev–Trinajstić information content (AvgIpc) is 2.61. The third kappa shape index (κ3) is 0.898. The van der Waals surface area contributed by atoms with Crippen molar-refractivity contribution in [2.45, 2.75) is 31.7 Å². The van der Waals surface area contributed by atoms with Crippen molar-refractivity contribution in [3.63, 3.8) is 0 Å². The van der Waals surface area contributed by atoms with Crippen molar-refractivity contribution < 1.29 is 9.47 Å². The highest BCUT2D eigenvalue weighted by atomic mass is 16.6. The van der Waals surface area contributed by atoms with Gasteiger partial charge >= 0.3 is 0 Å². The number of ether oxygens (including phenoxy) is 2. The van der Waals surface area contributed by atoms with Gasteiger partial charge in [-0.15, -0.1) is 0 Å². The van der Waals surface area contributed by atoms with Gasteiger partial charge in [-0.2, -0.15) is 5.26 Å². The molecule has 1 heterocycles. The lowest BCUT2D eigenvalue weighted by molar-refractivity contribution is 0.0516. The third-order valence-electron chi connectivity index (χ3n) is 2.11. The fourth-order valence-corrected chi connectivity index (χ4v) is 0.917. The van der Waals surface area contributed by atoms with Gasteiger partial charge in [0.1, 0.15) is 5.60 Å². The summed E-state index contributed by atoms with van der Waals surface area (Å²) in [4.78, 5) is 0. The number of rotatable bonds is 2. The van der Waals surface area contributed by atoms with Crippen LogP contribution in [0.3, 0.4) is 0 Å². The summed E-state index contributed by atoms with van der Waals surface area (Å²) in [5, 5.41) is 8.46. The van der Waals surface area contributed by atoms with Crippen molar-refractivity contribution in [1.29, 1.82) is 5.26 Å². The summed E-state index contributed by atoms with van der Waals surface area (Å²) in [5.74, 6) is 0. The zero-order valence-corrected chi connectivity index (χ0v) is 6.42. The summed E-state index contributed by atoms with van der Waals surface area (Å²) in [5.41, 5.74) is -0.358. The van der Waals surface area contributed by atoms with E-state index in [1.54, 1.807) is 7.11 Å². The molecular formula is C7H11NO2. The Labute approximate surface area is 60.5 Å². The van der Waals surface area contributed by atoms with E-state index in [4.69, 9.17) is 14.7 Å². The number of nitriles is 1. The molecule has 0 bridgehead atoms. The Bertz CT molecular complexity index is 175. The van der Waals surface area contributed by atoms with Gasteiger partial charge in [-0.1, -0.05) is 0 Å². The summed E-state index contributed by atoms with van der Waals surface area (Å²) < 4.78 is 10.2. The molecule has 3 nitrogen and oxygen atoms in total. The quantitative estimate of drug-likeness (QED) is 0.532. The molecule has 0 saturated carbocycles. The molecule has 0 aromatic heterocycles. The largest absolute Gasteiger partial charge is 0.379 e. The molecule has 0 radical (unpaired) electrons. The average molecular weight is 141 g/mol. The number of hydrogen-bond donors (Lipinski definition) is 0. The molecule has 1 rings (SSSR count). The molecule has 0 aliphatic carbocycles. The second-order valence-corrected chi connectivity index (χ2v) is 2.69. The lowest BCUT2D eigenvalue weighted by Crippen LogP contribution is -2.27. The van der Waals surface area contributed by atoms with E-state index in [1.165, 1.54) is 0 Å². The number of nitrogens with zero attached hydrogens (tertiary/aromatic N) is 1. The first kappa shape index (κ1) is 7.52. The summed E-state index contributed by atoms with van der Waals surface area (Å²) in [6, 6.07) is 2.04. The van der Waals surface area contributed by atoms with E-state index in [0.29, 0.717) is 0 Å². The molecule has 1 saturated heterocycles. The van der Waals surface area contributed by atoms with Crippen LogP contribution in [0.5, 0.6) is 0 Å². The molecule has 10 heavy (non-hydrogen) atoms. The third-order valence-corrected chi connectivity index (χ3v) is 2.11. The van der Waals surface area contributed by atoms with Crippen molar-refractivity contribution in [3.05, 3.63) is 0 Å². The molecule has 1 aliphatic rings. The first-order chi connectivity index (χ1) is 4.65. The number of hydrogen-bond acceptors (Lipinski definition) is 3. The molecular weight excluding hydrogens is 130 g/mol. The van der Waals surface area contributed by atoms with Gasteiger partial charge in [-0.3, -0.25) is 0 Å². The van der Waals surface area contributed by atoms with Gasteiger partial charge in [0.05, 0.1) is 12.2 Å². The van der Waals surface area contributed by atoms with E-state index >= 15 is 0 Å². The normalized spacial score (nSPS) is 40.4. The van der Waals surface area contributed by atoms with Gasteiger partial charge in [0.2, 0.25) is 0 Å². The van der Waals surface area contributed by atoms with Gasteiger partial charge in [0.25, 0.3) is 0 Å². The molecule has 3 heteroatoms. The minimum Gasteiger partial charge on any atom is -0.379 e. The van der Waals surface area contributed by atoms with E-state index in [1.807, 2.05) is 19.9 Å². The molecule has 0 aromatic carbocycles. The molecule has 56 valence electrons. The highest BCUT2D eigenvalue weighted by Gasteiger charge is 2.57. The number of methoxy groups -OCH3 is 1. The smallest absolute Gasteiger partial charge is 0.176 e. The molecule has 0 N–H and O–H groups in total.